The summed E-state index contributed by atoms with van der Waals surface area (Å²) in [6, 6.07) is 1.75. The first-order valence-corrected chi connectivity index (χ1v) is 5.07. The first-order chi connectivity index (χ1) is 7.48. The second kappa shape index (κ2) is 3.81. The number of hydrogen-bond donors (Lipinski definition) is 1. The van der Waals surface area contributed by atoms with Gasteiger partial charge in [-0.1, -0.05) is 0 Å². The van der Waals surface area contributed by atoms with E-state index in [4.69, 9.17) is 0 Å². The topological polar surface area (TPSA) is 42.0 Å². The number of carbonyl (C=O) groups is 1. The molecule has 1 fully saturated rings. The van der Waals surface area contributed by atoms with Gasteiger partial charge in [-0.25, -0.2) is 8.78 Å². The maximum absolute atomic E-state index is 12.6. The van der Waals surface area contributed by atoms with Crippen molar-refractivity contribution in [2.75, 3.05) is 5.32 Å². The monoisotopic (exact) mass is 226 g/mol. The summed E-state index contributed by atoms with van der Waals surface area (Å²) in [5.41, 5.74) is 1.46. The Bertz CT molecular complexity index is 412. The van der Waals surface area contributed by atoms with Crippen molar-refractivity contribution in [3.8, 4) is 0 Å². The van der Waals surface area contributed by atoms with E-state index in [-0.39, 0.29) is 18.7 Å². The van der Waals surface area contributed by atoms with Gasteiger partial charge in [-0.2, -0.15) is 0 Å². The molecule has 1 heterocycles. The van der Waals surface area contributed by atoms with E-state index in [1.165, 1.54) is 6.20 Å². The molecule has 0 unspecified atom stereocenters. The SMILES string of the molecule is Cc1ccncc1NC(=O)C1CC(F)(F)C1. The molecule has 1 saturated carbocycles. The highest BCUT2D eigenvalue weighted by Gasteiger charge is 2.48. The van der Waals surface area contributed by atoms with Gasteiger partial charge in [-0.05, 0) is 18.6 Å². The molecule has 1 aromatic heterocycles. The Morgan fingerprint density at radius 1 is 1.56 bits per heavy atom. The quantitative estimate of drug-likeness (QED) is 0.841. The van der Waals surface area contributed by atoms with Crippen LogP contribution in [0.5, 0.6) is 0 Å². The van der Waals surface area contributed by atoms with Crippen LogP contribution >= 0.6 is 0 Å². The fourth-order valence-corrected chi connectivity index (χ4v) is 1.68. The molecule has 0 spiro atoms. The predicted molar refractivity (Wildman–Crippen MR) is 55.3 cm³/mol. The summed E-state index contributed by atoms with van der Waals surface area (Å²) in [4.78, 5) is 15.4. The highest BCUT2D eigenvalue weighted by molar-refractivity contribution is 5.93. The van der Waals surface area contributed by atoms with Crippen molar-refractivity contribution >= 4 is 11.6 Å². The minimum atomic E-state index is -2.66. The smallest absolute Gasteiger partial charge is 0.249 e. The van der Waals surface area contributed by atoms with E-state index in [0.29, 0.717) is 5.69 Å². The number of nitrogens with zero attached hydrogens (tertiary/aromatic N) is 1. The van der Waals surface area contributed by atoms with Gasteiger partial charge in [0.1, 0.15) is 0 Å². The maximum atomic E-state index is 12.6. The molecule has 0 atom stereocenters. The number of rotatable bonds is 2. The van der Waals surface area contributed by atoms with E-state index in [0.717, 1.165) is 5.56 Å². The Labute approximate surface area is 91.9 Å². The Kier molecular flexibility index (Phi) is 2.61. The van der Waals surface area contributed by atoms with Crippen LogP contribution in [0, 0.1) is 12.8 Å². The zero-order valence-corrected chi connectivity index (χ0v) is 8.84. The largest absolute Gasteiger partial charge is 0.324 e. The third-order valence-electron chi connectivity index (χ3n) is 2.76. The van der Waals surface area contributed by atoms with Crippen molar-refractivity contribution in [1.82, 2.24) is 4.98 Å². The Morgan fingerprint density at radius 3 is 2.81 bits per heavy atom. The van der Waals surface area contributed by atoms with E-state index in [2.05, 4.69) is 10.3 Å². The number of halogens is 2. The van der Waals surface area contributed by atoms with E-state index in [9.17, 15) is 13.6 Å². The average Bonchev–Trinajstić information content (AvgIpc) is 2.17. The van der Waals surface area contributed by atoms with Crippen LogP contribution in [-0.2, 0) is 4.79 Å². The van der Waals surface area contributed by atoms with E-state index >= 15 is 0 Å². The summed E-state index contributed by atoms with van der Waals surface area (Å²) >= 11 is 0. The molecule has 2 rings (SSSR count). The number of alkyl halides is 2. The molecule has 16 heavy (non-hydrogen) atoms. The zero-order chi connectivity index (χ0) is 11.8. The van der Waals surface area contributed by atoms with Gasteiger partial charge in [0.25, 0.3) is 0 Å². The van der Waals surface area contributed by atoms with Gasteiger partial charge in [0.2, 0.25) is 11.8 Å². The van der Waals surface area contributed by atoms with Gasteiger partial charge in [-0.15, -0.1) is 0 Å². The molecule has 86 valence electrons. The summed E-state index contributed by atoms with van der Waals surface area (Å²) in [7, 11) is 0. The van der Waals surface area contributed by atoms with Crippen molar-refractivity contribution in [1.29, 1.82) is 0 Å². The number of carbonyl (C=O) groups excluding carboxylic acids is 1. The number of pyridine rings is 1. The summed E-state index contributed by atoms with van der Waals surface area (Å²) < 4.78 is 25.1. The van der Waals surface area contributed by atoms with Gasteiger partial charge in [-0.3, -0.25) is 9.78 Å². The molecule has 0 saturated heterocycles. The molecule has 1 aliphatic carbocycles. The minimum absolute atomic E-state index is 0.345. The zero-order valence-electron chi connectivity index (χ0n) is 8.84. The van der Waals surface area contributed by atoms with E-state index < -0.39 is 11.8 Å². The van der Waals surface area contributed by atoms with Gasteiger partial charge in [0, 0.05) is 25.0 Å². The van der Waals surface area contributed by atoms with Crippen LogP contribution in [0.15, 0.2) is 18.5 Å². The van der Waals surface area contributed by atoms with Crippen LogP contribution < -0.4 is 5.32 Å². The molecular weight excluding hydrogens is 214 g/mol. The van der Waals surface area contributed by atoms with Gasteiger partial charge in [0.05, 0.1) is 11.9 Å². The van der Waals surface area contributed by atoms with Crippen LogP contribution in [0.4, 0.5) is 14.5 Å². The van der Waals surface area contributed by atoms with Crippen molar-refractivity contribution in [3.63, 3.8) is 0 Å². The van der Waals surface area contributed by atoms with Crippen LogP contribution in [0.1, 0.15) is 18.4 Å². The molecule has 3 nitrogen and oxygen atoms in total. The van der Waals surface area contributed by atoms with Crippen molar-refractivity contribution in [2.24, 2.45) is 5.92 Å². The van der Waals surface area contributed by atoms with Crippen molar-refractivity contribution in [3.05, 3.63) is 24.0 Å². The number of nitrogens with one attached hydrogen (secondary N) is 1. The molecule has 0 bridgehead atoms. The fourth-order valence-electron chi connectivity index (χ4n) is 1.68. The maximum Gasteiger partial charge on any atom is 0.249 e. The summed E-state index contributed by atoms with van der Waals surface area (Å²) in [5.74, 6) is -3.58. The molecular formula is C11H12F2N2O. The average molecular weight is 226 g/mol. The minimum Gasteiger partial charge on any atom is -0.324 e. The van der Waals surface area contributed by atoms with E-state index in [1.807, 2.05) is 6.92 Å². The highest BCUT2D eigenvalue weighted by Crippen LogP contribution is 2.42. The predicted octanol–water partition coefficient (Wildman–Crippen LogP) is 2.37. The highest BCUT2D eigenvalue weighted by atomic mass is 19.3. The molecule has 1 aliphatic rings. The number of amides is 1. The van der Waals surface area contributed by atoms with Gasteiger partial charge >= 0.3 is 0 Å². The first-order valence-electron chi connectivity index (χ1n) is 5.07. The lowest BCUT2D eigenvalue weighted by Crippen LogP contribution is -2.42. The second-order valence-electron chi connectivity index (χ2n) is 4.14. The molecule has 0 radical (unpaired) electrons. The second-order valence-corrected chi connectivity index (χ2v) is 4.14. The van der Waals surface area contributed by atoms with Crippen molar-refractivity contribution in [2.45, 2.75) is 25.7 Å². The Hall–Kier alpha value is -1.52. The number of hydrogen-bond acceptors (Lipinski definition) is 2. The van der Waals surface area contributed by atoms with Crippen molar-refractivity contribution < 1.29 is 13.6 Å². The van der Waals surface area contributed by atoms with Crippen LogP contribution in [0.2, 0.25) is 0 Å². The first kappa shape index (κ1) is 11.0. The van der Waals surface area contributed by atoms with Crippen LogP contribution in [-0.4, -0.2) is 16.8 Å². The standard InChI is InChI=1S/C11H12F2N2O/c1-7-2-3-14-6-9(7)15-10(16)8-4-11(12,13)5-8/h2-3,6,8H,4-5H2,1H3,(H,15,16). The van der Waals surface area contributed by atoms with Gasteiger partial charge in [0.15, 0.2) is 0 Å². The molecule has 0 aromatic carbocycles. The number of aryl methyl sites for hydroxylation is 1. The van der Waals surface area contributed by atoms with Crippen LogP contribution in [0.3, 0.4) is 0 Å². The molecule has 5 heteroatoms. The summed E-state index contributed by atoms with van der Waals surface area (Å²) in [5, 5.41) is 2.62. The number of aromatic nitrogens is 1. The molecule has 1 aromatic rings. The third kappa shape index (κ3) is 2.18. The fraction of sp³-hybridized carbons (Fsp3) is 0.455. The summed E-state index contributed by atoms with van der Waals surface area (Å²) in [6.07, 6.45) is 2.43. The molecule has 0 aliphatic heterocycles. The number of anilines is 1. The lowest BCUT2D eigenvalue weighted by atomic mass is 9.81. The lowest BCUT2D eigenvalue weighted by Gasteiger charge is -2.33. The third-order valence-corrected chi connectivity index (χ3v) is 2.76. The molecule has 1 N–H and O–H groups in total. The van der Waals surface area contributed by atoms with E-state index in [1.54, 1.807) is 12.3 Å². The lowest BCUT2D eigenvalue weighted by molar-refractivity contribution is -0.145. The van der Waals surface area contributed by atoms with Crippen LogP contribution in [0.25, 0.3) is 0 Å². The summed E-state index contributed by atoms with van der Waals surface area (Å²) in [6.45, 7) is 1.83. The van der Waals surface area contributed by atoms with Gasteiger partial charge < -0.3 is 5.32 Å². The Balaban J connectivity index is 1.96. The molecule has 1 amide bonds. The Morgan fingerprint density at radius 2 is 2.25 bits per heavy atom. The normalized spacial score (nSPS) is 18.9.